The summed E-state index contributed by atoms with van der Waals surface area (Å²) in [5, 5.41) is 2.86. The smallest absolute Gasteiger partial charge is 0.242 e. The Bertz CT molecular complexity index is 707. The molecule has 0 spiro atoms. The van der Waals surface area contributed by atoms with E-state index in [1.54, 1.807) is 16.7 Å². The van der Waals surface area contributed by atoms with E-state index in [0.717, 1.165) is 10.5 Å². The molecule has 27 heavy (non-hydrogen) atoms. The predicted molar refractivity (Wildman–Crippen MR) is 112 cm³/mol. The van der Waals surface area contributed by atoms with Crippen LogP contribution < -0.4 is 5.32 Å². The number of carbonyl (C=O) groups is 2. The fourth-order valence-corrected chi connectivity index (χ4v) is 3.77. The van der Waals surface area contributed by atoms with E-state index in [-0.39, 0.29) is 11.8 Å². The van der Waals surface area contributed by atoms with Gasteiger partial charge in [0.1, 0.15) is 6.04 Å². The molecule has 1 atom stereocenters. The first-order chi connectivity index (χ1) is 13.2. The van der Waals surface area contributed by atoms with Crippen molar-refractivity contribution in [1.29, 1.82) is 0 Å². The van der Waals surface area contributed by atoms with Crippen molar-refractivity contribution in [3.63, 3.8) is 0 Å². The Balaban J connectivity index is 2.07. The lowest BCUT2D eigenvalue weighted by Crippen LogP contribution is -2.49. The Hall–Kier alpha value is -2.27. The van der Waals surface area contributed by atoms with Gasteiger partial charge in [0.15, 0.2) is 0 Å². The monoisotopic (exact) mass is 384 g/mol. The van der Waals surface area contributed by atoms with Crippen LogP contribution in [0.15, 0.2) is 65.6 Å². The maximum atomic E-state index is 13.0. The SMILES string of the molecule is CCNC(=O)[C@H](CC)N(Cc1ccccc1)C(=O)CCSc1ccccc1. The highest BCUT2D eigenvalue weighted by molar-refractivity contribution is 7.99. The highest BCUT2D eigenvalue weighted by atomic mass is 32.2. The molecule has 0 radical (unpaired) electrons. The van der Waals surface area contributed by atoms with Gasteiger partial charge in [0, 0.05) is 30.2 Å². The van der Waals surface area contributed by atoms with Gasteiger partial charge in [0.05, 0.1) is 0 Å². The molecule has 0 heterocycles. The normalized spacial score (nSPS) is 11.6. The van der Waals surface area contributed by atoms with E-state index < -0.39 is 6.04 Å². The standard InChI is InChI=1S/C22H28N2O2S/c1-3-20(22(26)23-4-2)24(17-18-11-7-5-8-12-18)21(25)15-16-27-19-13-9-6-10-14-19/h5-14,20H,3-4,15-17H2,1-2H3,(H,23,26)/t20-/m0/s1. The maximum absolute atomic E-state index is 13.0. The van der Waals surface area contributed by atoms with E-state index in [1.165, 1.54) is 0 Å². The summed E-state index contributed by atoms with van der Waals surface area (Å²) in [5.74, 6) is 0.625. The van der Waals surface area contributed by atoms with Crippen LogP contribution >= 0.6 is 11.8 Å². The lowest BCUT2D eigenvalue weighted by molar-refractivity contribution is -0.141. The quantitative estimate of drug-likeness (QED) is 0.627. The Kier molecular flexibility index (Phi) is 8.92. The van der Waals surface area contributed by atoms with Gasteiger partial charge in [-0.15, -0.1) is 11.8 Å². The van der Waals surface area contributed by atoms with Crippen molar-refractivity contribution in [3.8, 4) is 0 Å². The van der Waals surface area contributed by atoms with Crippen molar-refractivity contribution in [3.05, 3.63) is 66.2 Å². The third kappa shape index (κ3) is 6.75. The number of hydrogen-bond acceptors (Lipinski definition) is 3. The van der Waals surface area contributed by atoms with Gasteiger partial charge in [0.25, 0.3) is 0 Å². The molecule has 0 aliphatic rings. The number of nitrogens with one attached hydrogen (secondary N) is 1. The van der Waals surface area contributed by atoms with Crippen molar-refractivity contribution in [2.45, 2.75) is 44.2 Å². The molecule has 2 aromatic carbocycles. The van der Waals surface area contributed by atoms with Gasteiger partial charge >= 0.3 is 0 Å². The highest BCUT2D eigenvalue weighted by Gasteiger charge is 2.27. The fourth-order valence-electron chi connectivity index (χ4n) is 2.91. The van der Waals surface area contributed by atoms with Crippen LogP contribution in [0.1, 0.15) is 32.3 Å². The second-order valence-electron chi connectivity index (χ2n) is 6.24. The molecule has 0 bridgehead atoms. The van der Waals surface area contributed by atoms with Gasteiger partial charge in [-0.25, -0.2) is 0 Å². The summed E-state index contributed by atoms with van der Waals surface area (Å²) in [6, 6.07) is 19.4. The van der Waals surface area contributed by atoms with Crippen molar-refractivity contribution in [2.75, 3.05) is 12.3 Å². The minimum absolute atomic E-state index is 0.0142. The van der Waals surface area contributed by atoms with Gasteiger partial charge in [-0.2, -0.15) is 0 Å². The second kappa shape index (κ2) is 11.4. The molecular formula is C22H28N2O2S. The molecule has 4 nitrogen and oxygen atoms in total. The van der Waals surface area contributed by atoms with Crippen molar-refractivity contribution in [1.82, 2.24) is 10.2 Å². The van der Waals surface area contributed by atoms with Crippen LogP contribution in [0, 0.1) is 0 Å². The second-order valence-corrected chi connectivity index (χ2v) is 7.41. The van der Waals surface area contributed by atoms with Gasteiger partial charge in [0.2, 0.25) is 11.8 Å². The molecule has 1 N–H and O–H groups in total. The summed E-state index contributed by atoms with van der Waals surface area (Å²) in [6.45, 7) is 4.85. The van der Waals surface area contributed by atoms with Gasteiger partial charge in [-0.3, -0.25) is 9.59 Å². The Morgan fingerprint density at radius 1 is 1.00 bits per heavy atom. The van der Waals surface area contributed by atoms with Crippen LogP contribution in [0.25, 0.3) is 0 Å². The molecule has 144 valence electrons. The van der Waals surface area contributed by atoms with E-state index in [2.05, 4.69) is 5.32 Å². The number of likely N-dealkylation sites (N-methyl/N-ethyl adjacent to an activating group) is 1. The van der Waals surface area contributed by atoms with Crippen LogP contribution in [0.3, 0.4) is 0 Å². The number of carbonyl (C=O) groups excluding carboxylic acids is 2. The molecule has 0 aromatic heterocycles. The number of rotatable bonds is 10. The maximum Gasteiger partial charge on any atom is 0.242 e. The molecule has 5 heteroatoms. The lowest BCUT2D eigenvalue weighted by Gasteiger charge is -2.30. The van der Waals surface area contributed by atoms with E-state index >= 15 is 0 Å². The number of amides is 2. The summed E-state index contributed by atoms with van der Waals surface area (Å²) in [4.78, 5) is 28.4. The van der Waals surface area contributed by atoms with Gasteiger partial charge in [-0.05, 0) is 31.0 Å². The van der Waals surface area contributed by atoms with E-state index in [1.807, 2.05) is 74.5 Å². The molecule has 2 amide bonds. The minimum Gasteiger partial charge on any atom is -0.355 e. The zero-order valence-electron chi connectivity index (χ0n) is 16.1. The molecule has 2 aromatic rings. The zero-order chi connectivity index (χ0) is 19.5. The van der Waals surface area contributed by atoms with E-state index in [4.69, 9.17) is 0 Å². The summed E-state index contributed by atoms with van der Waals surface area (Å²) >= 11 is 1.66. The third-order valence-electron chi connectivity index (χ3n) is 4.26. The Labute approximate surface area is 166 Å². The summed E-state index contributed by atoms with van der Waals surface area (Å²) in [5.41, 5.74) is 1.03. The summed E-state index contributed by atoms with van der Waals surface area (Å²) in [7, 11) is 0. The van der Waals surface area contributed by atoms with E-state index in [9.17, 15) is 9.59 Å². The minimum atomic E-state index is -0.445. The van der Waals surface area contributed by atoms with Crippen molar-refractivity contribution >= 4 is 23.6 Å². The van der Waals surface area contributed by atoms with Crippen LogP contribution in [-0.2, 0) is 16.1 Å². The molecular weight excluding hydrogens is 356 g/mol. The van der Waals surface area contributed by atoms with Gasteiger partial charge in [-0.1, -0.05) is 55.5 Å². The lowest BCUT2D eigenvalue weighted by atomic mass is 10.1. The first-order valence-electron chi connectivity index (χ1n) is 9.44. The number of hydrogen-bond donors (Lipinski definition) is 1. The van der Waals surface area contributed by atoms with E-state index in [0.29, 0.717) is 31.7 Å². The van der Waals surface area contributed by atoms with Gasteiger partial charge < -0.3 is 10.2 Å². The number of benzene rings is 2. The molecule has 2 rings (SSSR count). The average Bonchev–Trinajstić information content (AvgIpc) is 2.69. The zero-order valence-corrected chi connectivity index (χ0v) is 16.9. The van der Waals surface area contributed by atoms with Crippen LogP contribution in [0.2, 0.25) is 0 Å². The molecule has 0 unspecified atom stereocenters. The highest BCUT2D eigenvalue weighted by Crippen LogP contribution is 2.20. The third-order valence-corrected chi connectivity index (χ3v) is 5.27. The fraction of sp³-hybridized carbons (Fsp3) is 0.364. The van der Waals surface area contributed by atoms with Crippen molar-refractivity contribution in [2.24, 2.45) is 0 Å². The van der Waals surface area contributed by atoms with Crippen LogP contribution in [0.4, 0.5) is 0 Å². The number of nitrogens with zero attached hydrogens (tertiary/aromatic N) is 1. The molecule has 0 saturated carbocycles. The number of thioether (sulfide) groups is 1. The summed E-state index contributed by atoms with van der Waals surface area (Å²) in [6.07, 6.45) is 0.999. The van der Waals surface area contributed by atoms with Crippen molar-refractivity contribution < 1.29 is 9.59 Å². The average molecular weight is 385 g/mol. The Morgan fingerprint density at radius 2 is 1.63 bits per heavy atom. The topological polar surface area (TPSA) is 49.4 Å². The molecule has 0 aliphatic carbocycles. The predicted octanol–water partition coefficient (Wildman–Crippen LogP) is 4.11. The largest absolute Gasteiger partial charge is 0.355 e. The first-order valence-corrected chi connectivity index (χ1v) is 10.4. The summed E-state index contributed by atoms with van der Waals surface area (Å²) < 4.78 is 0. The first kappa shape index (κ1) is 21.0. The van der Waals surface area contributed by atoms with Crippen LogP contribution in [-0.4, -0.2) is 35.1 Å². The molecule has 0 aliphatic heterocycles. The molecule has 0 fully saturated rings. The van der Waals surface area contributed by atoms with Crippen LogP contribution in [0.5, 0.6) is 0 Å². The molecule has 0 saturated heterocycles. The Morgan fingerprint density at radius 3 is 2.22 bits per heavy atom.